The van der Waals surface area contributed by atoms with Gasteiger partial charge in [0, 0.05) is 25.6 Å². The number of nitrogens with zero attached hydrogens (tertiary/aromatic N) is 3. The van der Waals surface area contributed by atoms with Crippen molar-refractivity contribution in [1.29, 1.82) is 0 Å². The van der Waals surface area contributed by atoms with Crippen molar-refractivity contribution in [2.24, 2.45) is 5.92 Å². The molecule has 0 saturated carbocycles. The maximum Gasteiger partial charge on any atom is 0.223 e. The van der Waals surface area contributed by atoms with Gasteiger partial charge in [-0.3, -0.25) is 4.79 Å². The Kier molecular flexibility index (Phi) is 7.82. The Balaban J connectivity index is 1.21. The molecule has 198 valence electrons. The van der Waals surface area contributed by atoms with Crippen molar-refractivity contribution in [3.05, 3.63) is 83.4 Å². The van der Waals surface area contributed by atoms with Crippen molar-refractivity contribution >= 4 is 22.9 Å². The fourth-order valence-electron chi connectivity index (χ4n) is 5.22. The van der Waals surface area contributed by atoms with Gasteiger partial charge in [-0.15, -0.1) is 0 Å². The summed E-state index contributed by atoms with van der Waals surface area (Å²) >= 11 is 0. The molecule has 1 saturated heterocycles. The van der Waals surface area contributed by atoms with Crippen LogP contribution in [0.1, 0.15) is 29.5 Å². The van der Waals surface area contributed by atoms with Crippen LogP contribution in [0, 0.1) is 12.8 Å². The molecule has 7 nitrogen and oxygen atoms in total. The van der Waals surface area contributed by atoms with Gasteiger partial charge >= 0.3 is 0 Å². The summed E-state index contributed by atoms with van der Waals surface area (Å²) in [5.74, 6) is 2.71. The molecule has 0 radical (unpaired) electrons. The summed E-state index contributed by atoms with van der Waals surface area (Å²) in [4.78, 5) is 20.3. The van der Waals surface area contributed by atoms with Crippen molar-refractivity contribution in [3.63, 3.8) is 0 Å². The molecule has 4 aromatic rings. The lowest BCUT2D eigenvalue weighted by Crippen LogP contribution is -2.42. The summed E-state index contributed by atoms with van der Waals surface area (Å²) in [6, 6.07) is 22.7. The van der Waals surface area contributed by atoms with Crippen LogP contribution >= 0.6 is 0 Å². The van der Waals surface area contributed by atoms with E-state index in [2.05, 4.69) is 64.2 Å². The predicted molar refractivity (Wildman–Crippen MR) is 151 cm³/mol. The average Bonchev–Trinajstić information content (AvgIpc) is 3.32. The minimum Gasteiger partial charge on any atom is -0.497 e. The Morgan fingerprint density at radius 1 is 1.00 bits per heavy atom. The van der Waals surface area contributed by atoms with Gasteiger partial charge in [0.2, 0.25) is 11.9 Å². The number of para-hydroxylation sites is 2. The fraction of sp³-hybridized carbons (Fsp3) is 0.355. The zero-order valence-corrected chi connectivity index (χ0v) is 22.4. The van der Waals surface area contributed by atoms with Crippen LogP contribution in [-0.2, 0) is 17.8 Å². The molecule has 1 amide bonds. The number of carbonyl (C=O) groups excluding carboxylic acids is 1. The molecule has 0 unspecified atom stereocenters. The highest BCUT2D eigenvalue weighted by molar-refractivity contribution is 5.80. The second-order valence-electron chi connectivity index (χ2n) is 9.95. The van der Waals surface area contributed by atoms with Gasteiger partial charge in [0.1, 0.15) is 11.5 Å². The van der Waals surface area contributed by atoms with E-state index in [0.717, 1.165) is 66.5 Å². The first-order valence-electron chi connectivity index (χ1n) is 13.3. The van der Waals surface area contributed by atoms with Gasteiger partial charge in [-0.05, 0) is 67.6 Å². The summed E-state index contributed by atoms with van der Waals surface area (Å²) in [5.41, 5.74) is 5.67. The number of nitrogens with one attached hydrogen (secondary N) is 1. The molecular weight excluding hydrogens is 476 g/mol. The SMILES string of the molecule is COc1ccc(OC)c(CCNC(=O)C2CCN(c3nc4ccccc4n3Cc3ccc(C)cc3)CC2)c1. The lowest BCUT2D eigenvalue weighted by atomic mass is 9.96. The van der Waals surface area contributed by atoms with Crippen LogP contribution in [0.25, 0.3) is 11.0 Å². The molecule has 1 aliphatic rings. The quantitative estimate of drug-likeness (QED) is 0.342. The number of anilines is 1. The van der Waals surface area contributed by atoms with E-state index in [0.29, 0.717) is 13.0 Å². The second-order valence-corrected chi connectivity index (χ2v) is 9.95. The highest BCUT2D eigenvalue weighted by atomic mass is 16.5. The minimum atomic E-state index is 0.00776. The van der Waals surface area contributed by atoms with Gasteiger partial charge in [0.05, 0.1) is 31.8 Å². The number of imidazole rings is 1. The van der Waals surface area contributed by atoms with E-state index in [9.17, 15) is 4.79 Å². The van der Waals surface area contributed by atoms with Crippen LogP contribution in [0.3, 0.4) is 0 Å². The van der Waals surface area contributed by atoms with E-state index in [1.165, 1.54) is 11.1 Å². The lowest BCUT2D eigenvalue weighted by molar-refractivity contribution is -0.125. The van der Waals surface area contributed by atoms with E-state index in [1.54, 1.807) is 14.2 Å². The molecule has 1 aliphatic heterocycles. The molecule has 5 rings (SSSR count). The number of carbonyl (C=O) groups is 1. The number of hydrogen-bond acceptors (Lipinski definition) is 5. The summed E-state index contributed by atoms with van der Waals surface area (Å²) in [6.45, 7) is 5.05. The van der Waals surface area contributed by atoms with Crippen molar-refractivity contribution in [3.8, 4) is 11.5 Å². The first-order valence-corrected chi connectivity index (χ1v) is 13.3. The van der Waals surface area contributed by atoms with E-state index >= 15 is 0 Å². The number of rotatable bonds is 9. The predicted octanol–water partition coefficient (Wildman–Crippen LogP) is 4.99. The van der Waals surface area contributed by atoms with Gasteiger partial charge in [-0.25, -0.2) is 4.98 Å². The van der Waals surface area contributed by atoms with Crippen LogP contribution in [0.2, 0.25) is 0 Å². The summed E-state index contributed by atoms with van der Waals surface area (Å²) in [5, 5.41) is 3.14. The Bertz CT molecular complexity index is 1390. The second kappa shape index (κ2) is 11.6. The number of piperidine rings is 1. The van der Waals surface area contributed by atoms with Crippen molar-refractivity contribution < 1.29 is 14.3 Å². The first kappa shape index (κ1) is 25.6. The number of amides is 1. The monoisotopic (exact) mass is 512 g/mol. The number of aryl methyl sites for hydroxylation is 1. The molecule has 38 heavy (non-hydrogen) atoms. The van der Waals surface area contributed by atoms with E-state index in [1.807, 2.05) is 24.3 Å². The smallest absolute Gasteiger partial charge is 0.223 e. The molecule has 2 heterocycles. The molecule has 0 aliphatic carbocycles. The van der Waals surface area contributed by atoms with Crippen LogP contribution in [-0.4, -0.2) is 49.3 Å². The summed E-state index contributed by atoms with van der Waals surface area (Å²) in [7, 11) is 3.31. The molecule has 7 heteroatoms. The molecule has 0 atom stereocenters. The van der Waals surface area contributed by atoms with Crippen LogP contribution in [0.4, 0.5) is 5.95 Å². The molecule has 3 aromatic carbocycles. The number of methoxy groups -OCH3 is 2. The van der Waals surface area contributed by atoms with Crippen molar-refractivity contribution in [2.75, 3.05) is 38.8 Å². The standard InChI is InChI=1S/C31H36N4O3/c1-22-8-10-23(11-9-22)21-35-28-7-5-4-6-27(28)33-31(35)34-18-15-24(16-19-34)30(36)32-17-14-25-20-26(37-2)12-13-29(25)38-3/h4-13,20,24H,14-19,21H2,1-3H3,(H,32,36). The average molecular weight is 513 g/mol. The highest BCUT2D eigenvalue weighted by Crippen LogP contribution is 2.28. The van der Waals surface area contributed by atoms with Gasteiger partial charge in [-0.1, -0.05) is 42.0 Å². The Labute approximate surface area is 224 Å². The number of hydrogen-bond donors (Lipinski definition) is 1. The Morgan fingerprint density at radius 2 is 1.76 bits per heavy atom. The minimum absolute atomic E-state index is 0.00776. The number of fused-ring (bicyclic) bond motifs is 1. The molecule has 1 fully saturated rings. The zero-order valence-electron chi connectivity index (χ0n) is 22.4. The largest absolute Gasteiger partial charge is 0.497 e. The zero-order chi connectivity index (χ0) is 26.5. The van der Waals surface area contributed by atoms with Crippen LogP contribution in [0.15, 0.2) is 66.7 Å². The lowest BCUT2D eigenvalue weighted by Gasteiger charge is -2.32. The third kappa shape index (κ3) is 5.62. The molecule has 0 bridgehead atoms. The van der Waals surface area contributed by atoms with Crippen LogP contribution < -0.4 is 19.7 Å². The third-order valence-corrected chi connectivity index (χ3v) is 7.43. The third-order valence-electron chi connectivity index (χ3n) is 7.43. The van der Waals surface area contributed by atoms with Gasteiger partial charge in [0.15, 0.2) is 0 Å². The first-order chi connectivity index (χ1) is 18.6. The van der Waals surface area contributed by atoms with Gasteiger partial charge in [0.25, 0.3) is 0 Å². The molecular formula is C31H36N4O3. The maximum atomic E-state index is 13.0. The Morgan fingerprint density at radius 3 is 2.50 bits per heavy atom. The van der Waals surface area contributed by atoms with Gasteiger partial charge < -0.3 is 24.3 Å². The fourth-order valence-corrected chi connectivity index (χ4v) is 5.22. The van der Waals surface area contributed by atoms with E-state index in [4.69, 9.17) is 14.5 Å². The molecule has 0 spiro atoms. The topological polar surface area (TPSA) is 68.6 Å². The Hall–Kier alpha value is -4.00. The maximum absolute atomic E-state index is 13.0. The van der Waals surface area contributed by atoms with Crippen molar-refractivity contribution in [1.82, 2.24) is 14.9 Å². The van der Waals surface area contributed by atoms with E-state index in [-0.39, 0.29) is 11.8 Å². The number of benzene rings is 3. The van der Waals surface area contributed by atoms with E-state index < -0.39 is 0 Å². The summed E-state index contributed by atoms with van der Waals surface area (Å²) < 4.78 is 13.1. The number of aromatic nitrogens is 2. The highest BCUT2D eigenvalue weighted by Gasteiger charge is 2.27. The normalized spacial score (nSPS) is 14.0. The molecule has 1 aromatic heterocycles. The van der Waals surface area contributed by atoms with Crippen molar-refractivity contribution in [2.45, 2.75) is 32.7 Å². The summed E-state index contributed by atoms with van der Waals surface area (Å²) in [6.07, 6.45) is 2.30. The van der Waals surface area contributed by atoms with Crippen LogP contribution in [0.5, 0.6) is 11.5 Å². The van der Waals surface area contributed by atoms with Gasteiger partial charge in [-0.2, -0.15) is 0 Å². The number of ether oxygens (including phenoxy) is 2. The molecule has 1 N–H and O–H groups in total.